The van der Waals surface area contributed by atoms with Crippen LogP contribution in [0.1, 0.15) is 30.0 Å². The normalized spacial score (nSPS) is 26.1. The van der Waals surface area contributed by atoms with Gasteiger partial charge in [-0.25, -0.2) is 0 Å². The molecule has 0 aromatic heterocycles. The van der Waals surface area contributed by atoms with Crippen LogP contribution in [0.2, 0.25) is 0 Å². The Labute approximate surface area is 125 Å². The lowest BCUT2D eigenvalue weighted by atomic mass is 9.96. The van der Waals surface area contributed by atoms with Gasteiger partial charge in [-0.3, -0.25) is 0 Å². The third-order valence-electron chi connectivity index (χ3n) is 3.87. The molecule has 1 aromatic carbocycles. The summed E-state index contributed by atoms with van der Waals surface area (Å²) >= 11 is 4.03. The van der Waals surface area contributed by atoms with Crippen LogP contribution >= 0.6 is 23.5 Å². The first-order chi connectivity index (χ1) is 9.49. The molecule has 2 fully saturated rings. The topological polar surface area (TPSA) is 12.0 Å². The molecule has 0 radical (unpaired) electrons. The minimum atomic E-state index is -4.25. The first kappa shape index (κ1) is 14.6. The van der Waals surface area contributed by atoms with E-state index in [-0.39, 0.29) is 10.1 Å². The SMILES string of the molecule is FC(F)(F)c1ccc(C2CC3(CCN2)SCCS3)cc1. The standard InChI is InChI=1S/C14H16F3NS2/c15-14(16,17)11-3-1-10(2-4-11)12-9-13(5-6-18-12)19-7-8-20-13/h1-4,12,18H,5-9H2. The molecule has 2 aliphatic rings. The van der Waals surface area contributed by atoms with Gasteiger partial charge in [-0.15, -0.1) is 23.5 Å². The van der Waals surface area contributed by atoms with Crippen LogP contribution in [0.4, 0.5) is 13.2 Å². The van der Waals surface area contributed by atoms with Crippen molar-refractivity contribution in [3.05, 3.63) is 35.4 Å². The van der Waals surface area contributed by atoms with E-state index in [4.69, 9.17) is 0 Å². The average molecular weight is 319 g/mol. The zero-order valence-electron chi connectivity index (χ0n) is 10.9. The Morgan fingerprint density at radius 1 is 1.10 bits per heavy atom. The molecule has 1 N–H and O–H groups in total. The summed E-state index contributed by atoms with van der Waals surface area (Å²) < 4.78 is 38.0. The summed E-state index contributed by atoms with van der Waals surface area (Å²) in [5, 5.41) is 3.44. The number of hydrogen-bond acceptors (Lipinski definition) is 3. The molecule has 0 amide bonds. The van der Waals surface area contributed by atoms with Crippen LogP contribution in [0.5, 0.6) is 0 Å². The summed E-state index contributed by atoms with van der Waals surface area (Å²) in [6.07, 6.45) is -2.12. The molecule has 110 valence electrons. The summed E-state index contributed by atoms with van der Waals surface area (Å²) in [4.78, 5) is 0. The van der Waals surface area contributed by atoms with Gasteiger partial charge in [-0.2, -0.15) is 13.2 Å². The highest BCUT2D eigenvalue weighted by Crippen LogP contribution is 2.52. The second kappa shape index (κ2) is 5.46. The second-order valence-electron chi connectivity index (χ2n) is 5.19. The smallest absolute Gasteiger partial charge is 0.310 e. The molecular weight excluding hydrogens is 303 g/mol. The minimum Gasteiger partial charge on any atom is -0.310 e. The number of rotatable bonds is 1. The molecule has 1 unspecified atom stereocenters. The Morgan fingerprint density at radius 2 is 1.75 bits per heavy atom. The third-order valence-corrected chi connectivity index (χ3v) is 7.44. The molecule has 2 saturated heterocycles. The van der Waals surface area contributed by atoms with Gasteiger partial charge in [0.1, 0.15) is 0 Å². The Balaban J connectivity index is 1.75. The van der Waals surface area contributed by atoms with Crippen molar-refractivity contribution in [3.8, 4) is 0 Å². The predicted molar refractivity (Wildman–Crippen MR) is 79.1 cm³/mol. The molecule has 20 heavy (non-hydrogen) atoms. The number of hydrogen-bond donors (Lipinski definition) is 1. The number of piperidine rings is 1. The molecule has 1 atom stereocenters. The van der Waals surface area contributed by atoms with Crippen molar-refractivity contribution in [3.63, 3.8) is 0 Å². The molecule has 6 heteroatoms. The maximum atomic E-state index is 12.6. The average Bonchev–Trinajstić information content (AvgIpc) is 2.86. The van der Waals surface area contributed by atoms with Crippen molar-refractivity contribution >= 4 is 23.5 Å². The lowest BCUT2D eigenvalue weighted by molar-refractivity contribution is -0.137. The van der Waals surface area contributed by atoms with E-state index in [0.717, 1.165) is 24.9 Å². The van der Waals surface area contributed by atoms with E-state index in [1.807, 2.05) is 23.5 Å². The van der Waals surface area contributed by atoms with Crippen molar-refractivity contribution in [1.29, 1.82) is 0 Å². The first-order valence-electron chi connectivity index (χ1n) is 6.67. The zero-order valence-corrected chi connectivity index (χ0v) is 12.5. The van der Waals surface area contributed by atoms with Gasteiger partial charge in [0.15, 0.2) is 0 Å². The molecule has 1 nitrogen and oxygen atoms in total. The van der Waals surface area contributed by atoms with E-state index in [1.165, 1.54) is 23.6 Å². The molecule has 0 saturated carbocycles. The van der Waals surface area contributed by atoms with Crippen molar-refractivity contribution in [2.45, 2.75) is 29.1 Å². The molecule has 1 spiro atoms. The van der Waals surface area contributed by atoms with Crippen molar-refractivity contribution < 1.29 is 13.2 Å². The molecule has 0 aliphatic carbocycles. The molecular formula is C14H16F3NS2. The highest BCUT2D eigenvalue weighted by atomic mass is 32.2. The number of alkyl halides is 3. The Kier molecular flexibility index (Phi) is 3.99. The van der Waals surface area contributed by atoms with Crippen LogP contribution in [0.25, 0.3) is 0 Å². The van der Waals surface area contributed by atoms with Gasteiger partial charge < -0.3 is 5.32 Å². The van der Waals surface area contributed by atoms with E-state index in [2.05, 4.69) is 5.32 Å². The van der Waals surface area contributed by atoms with Crippen molar-refractivity contribution in [1.82, 2.24) is 5.32 Å². The van der Waals surface area contributed by atoms with E-state index in [0.29, 0.717) is 0 Å². The summed E-state index contributed by atoms with van der Waals surface area (Å²) in [6.45, 7) is 0.936. The van der Waals surface area contributed by atoms with Crippen LogP contribution in [0.15, 0.2) is 24.3 Å². The summed E-state index contributed by atoms with van der Waals surface area (Å²) in [5.74, 6) is 2.37. The van der Waals surface area contributed by atoms with Gasteiger partial charge in [0, 0.05) is 17.5 Å². The quantitative estimate of drug-likeness (QED) is 0.828. The van der Waals surface area contributed by atoms with Gasteiger partial charge in [-0.05, 0) is 37.1 Å². The Hall–Kier alpha value is -0.330. The summed E-state index contributed by atoms with van der Waals surface area (Å²) in [6, 6.07) is 5.78. The van der Waals surface area contributed by atoms with Crippen LogP contribution in [-0.2, 0) is 6.18 Å². The number of halogens is 3. The highest BCUT2D eigenvalue weighted by Gasteiger charge is 2.40. The monoisotopic (exact) mass is 319 g/mol. The van der Waals surface area contributed by atoms with E-state index < -0.39 is 11.7 Å². The van der Waals surface area contributed by atoms with Crippen LogP contribution in [0, 0.1) is 0 Å². The minimum absolute atomic E-state index is 0.170. The maximum absolute atomic E-state index is 12.6. The van der Waals surface area contributed by atoms with Gasteiger partial charge in [0.25, 0.3) is 0 Å². The summed E-state index contributed by atoms with van der Waals surface area (Å²) in [7, 11) is 0. The van der Waals surface area contributed by atoms with Crippen LogP contribution in [-0.4, -0.2) is 22.1 Å². The third kappa shape index (κ3) is 2.97. The summed E-state index contributed by atoms with van der Waals surface area (Å²) in [5.41, 5.74) is 0.390. The fourth-order valence-electron chi connectivity index (χ4n) is 2.82. The number of benzene rings is 1. The lowest BCUT2D eigenvalue weighted by Gasteiger charge is -2.37. The lowest BCUT2D eigenvalue weighted by Crippen LogP contribution is -2.38. The maximum Gasteiger partial charge on any atom is 0.416 e. The van der Waals surface area contributed by atoms with Gasteiger partial charge in [0.2, 0.25) is 0 Å². The van der Waals surface area contributed by atoms with Gasteiger partial charge >= 0.3 is 6.18 Å². The van der Waals surface area contributed by atoms with E-state index in [9.17, 15) is 13.2 Å². The van der Waals surface area contributed by atoms with Gasteiger partial charge in [0.05, 0.1) is 9.64 Å². The molecule has 2 heterocycles. The molecule has 0 bridgehead atoms. The fourth-order valence-corrected chi connectivity index (χ4v) is 6.13. The van der Waals surface area contributed by atoms with Crippen LogP contribution < -0.4 is 5.32 Å². The number of thioether (sulfide) groups is 2. The van der Waals surface area contributed by atoms with Crippen LogP contribution in [0.3, 0.4) is 0 Å². The predicted octanol–water partition coefficient (Wildman–Crippen LogP) is 4.31. The van der Waals surface area contributed by atoms with Crippen molar-refractivity contribution in [2.75, 3.05) is 18.1 Å². The van der Waals surface area contributed by atoms with E-state index >= 15 is 0 Å². The Bertz CT molecular complexity index is 466. The van der Waals surface area contributed by atoms with E-state index in [1.54, 1.807) is 12.1 Å². The largest absolute Gasteiger partial charge is 0.416 e. The Morgan fingerprint density at radius 3 is 2.35 bits per heavy atom. The molecule has 3 rings (SSSR count). The second-order valence-corrected chi connectivity index (χ2v) is 8.40. The number of nitrogens with one attached hydrogen (secondary N) is 1. The van der Waals surface area contributed by atoms with Crippen molar-refractivity contribution in [2.24, 2.45) is 0 Å². The van der Waals surface area contributed by atoms with Gasteiger partial charge in [-0.1, -0.05) is 12.1 Å². The molecule has 1 aromatic rings. The fraction of sp³-hybridized carbons (Fsp3) is 0.571. The first-order valence-corrected chi connectivity index (χ1v) is 8.64. The molecule has 2 aliphatic heterocycles. The highest BCUT2D eigenvalue weighted by molar-refractivity contribution is 8.21. The zero-order chi connectivity index (χ0) is 14.2.